The summed E-state index contributed by atoms with van der Waals surface area (Å²) in [6.45, 7) is 4.27. The Kier molecular flexibility index (Phi) is 17.8. The van der Waals surface area contributed by atoms with Crippen LogP contribution in [-0.4, -0.2) is 4.82 Å². The first-order valence-corrected chi connectivity index (χ1v) is 9.53. The third kappa shape index (κ3) is 15.5. The van der Waals surface area contributed by atoms with Crippen molar-refractivity contribution in [3.63, 3.8) is 0 Å². The maximum absolute atomic E-state index is 3.25. The summed E-state index contributed by atoms with van der Waals surface area (Å²) in [6.07, 6.45) is 16.2. The third-order valence-electron chi connectivity index (χ3n) is 3.16. The molecule has 2 aliphatic rings. The molecule has 0 aromatic heterocycles. The van der Waals surface area contributed by atoms with E-state index in [9.17, 15) is 0 Å². The minimum absolute atomic E-state index is 1.01. The molecule has 0 N–H and O–H groups in total. The van der Waals surface area contributed by atoms with E-state index in [1.54, 1.807) is 20.0 Å². The molecule has 0 unspecified atom stereocenters. The Hall–Kier alpha value is -2.02. The summed E-state index contributed by atoms with van der Waals surface area (Å²) < 4.78 is 0. The van der Waals surface area contributed by atoms with Crippen molar-refractivity contribution >= 4 is 4.82 Å². The molecule has 134 valence electrons. The van der Waals surface area contributed by atoms with Gasteiger partial charge in [0.2, 0.25) is 0 Å². The van der Waals surface area contributed by atoms with Crippen LogP contribution in [0.4, 0.5) is 0 Å². The van der Waals surface area contributed by atoms with Gasteiger partial charge in [-0.1, -0.05) is 6.92 Å². The van der Waals surface area contributed by atoms with Gasteiger partial charge in [-0.05, 0) is 0 Å². The Morgan fingerprint density at radius 3 is 1.46 bits per heavy atom. The van der Waals surface area contributed by atoms with Crippen LogP contribution >= 0.6 is 0 Å². The Labute approximate surface area is 171 Å². The van der Waals surface area contributed by atoms with Gasteiger partial charge in [0.1, 0.15) is 0 Å². The van der Waals surface area contributed by atoms with Crippen molar-refractivity contribution in [3.05, 3.63) is 120 Å². The summed E-state index contributed by atoms with van der Waals surface area (Å²) in [5.41, 5.74) is 2.85. The summed E-state index contributed by atoms with van der Waals surface area (Å²) >= 11 is 1.75. The molecule has 0 saturated carbocycles. The van der Waals surface area contributed by atoms with Crippen LogP contribution < -0.4 is 0 Å². The van der Waals surface area contributed by atoms with Crippen LogP contribution in [0.25, 0.3) is 0 Å². The first-order chi connectivity index (χ1) is 12.8. The fourth-order valence-corrected chi connectivity index (χ4v) is 1.64. The van der Waals surface area contributed by atoms with Crippen LogP contribution in [0.15, 0.2) is 96.1 Å². The van der Waals surface area contributed by atoms with Gasteiger partial charge in [-0.2, -0.15) is 84.4 Å². The van der Waals surface area contributed by atoms with Crippen LogP contribution in [0.5, 0.6) is 0 Å². The van der Waals surface area contributed by atoms with Crippen LogP contribution in [0.1, 0.15) is 26.7 Å². The molecule has 0 atom stereocenters. The van der Waals surface area contributed by atoms with E-state index in [2.05, 4.69) is 55.1 Å². The maximum atomic E-state index is 3.25. The van der Waals surface area contributed by atoms with E-state index in [0.717, 1.165) is 12.8 Å². The van der Waals surface area contributed by atoms with Gasteiger partial charge in [-0.3, -0.25) is 12.2 Å². The fraction of sp³-hybridized carbons (Fsp3) is 0.160. The molecule has 0 radical (unpaired) electrons. The molecule has 2 aliphatic carbocycles. The van der Waals surface area contributed by atoms with Gasteiger partial charge < -0.3 is 0 Å². The second-order valence-electron chi connectivity index (χ2n) is 5.15. The Bertz CT molecular complexity index is 554. The first kappa shape index (κ1) is 24.0. The molecule has 0 saturated heterocycles. The van der Waals surface area contributed by atoms with Crippen LogP contribution in [0.3, 0.4) is 0 Å². The minimum atomic E-state index is 1.01. The van der Waals surface area contributed by atoms with E-state index in [0.29, 0.717) is 0 Å². The van der Waals surface area contributed by atoms with Crippen molar-refractivity contribution in [2.75, 3.05) is 0 Å². The normalized spacial score (nSPS) is 12.3. The number of benzene rings is 2. The number of hydrogen-bond donors (Lipinski definition) is 0. The van der Waals surface area contributed by atoms with Crippen LogP contribution in [0.2, 0.25) is 0 Å². The van der Waals surface area contributed by atoms with Gasteiger partial charge in [0.15, 0.2) is 0 Å². The van der Waals surface area contributed by atoms with Gasteiger partial charge in [-0.15, -0.1) is 19.8 Å². The molecule has 0 amide bonds. The summed E-state index contributed by atoms with van der Waals surface area (Å²) in [5, 5.41) is 0. The molecule has 0 bridgehead atoms. The van der Waals surface area contributed by atoms with Gasteiger partial charge in [0, 0.05) is 0 Å². The number of hydrogen-bond acceptors (Lipinski definition) is 0. The topological polar surface area (TPSA) is 0 Å². The molecule has 4 rings (SSSR count). The number of rotatable bonds is 0. The van der Waals surface area contributed by atoms with Crippen molar-refractivity contribution < 1.29 is 20.0 Å². The van der Waals surface area contributed by atoms with E-state index in [1.165, 1.54) is 11.1 Å². The van der Waals surface area contributed by atoms with Gasteiger partial charge in [0.05, 0.1) is 0 Å². The second-order valence-corrected chi connectivity index (χ2v) is 5.15. The molecule has 2 aromatic carbocycles. The smallest absolute Gasteiger partial charge is 0.171 e. The van der Waals surface area contributed by atoms with Crippen LogP contribution in [-0.2, 0) is 20.0 Å². The summed E-state index contributed by atoms with van der Waals surface area (Å²) in [7, 11) is 0. The zero-order chi connectivity index (χ0) is 19.3. The summed E-state index contributed by atoms with van der Waals surface area (Å²) in [6, 6.07) is 25.0. The summed E-state index contributed by atoms with van der Waals surface area (Å²) in [4.78, 5) is 3.25. The Morgan fingerprint density at radius 2 is 1.35 bits per heavy atom. The molecular weight excluding hydrogens is 348 g/mol. The average Bonchev–Trinajstić information content (AvgIpc) is 3.43. The molecule has 26 heavy (non-hydrogen) atoms. The van der Waals surface area contributed by atoms with Crippen molar-refractivity contribution in [1.82, 2.24) is 0 Å². The second kappa shape index (κ2) is 19.3. The SMILES string of the molecule is CC1=C(C)C[C-]=C1.[C-]1=CC=CC1.[CH2]=[Ti].[c-]1ccccc1.[c-]1ccccc1. The molecule has 0 spiro atoms. The summed E-state index contributed by atoms with van der Waals surface area (Å²) in [5.74, 6) is 0. The largest absolute Gasteiger partial charge is 0.184 e. The van der Waals surface area contributed by atoms with Crippen molar-refractivity contribution in [2.24, 2.45) is 0 Å². The van der Waals surface area contributed by atoms with E-state index < -0.39 is 0 Å². The zero-order valence-electron chi connectivity index (χ0n) is 15.7. The predicted molar refractivity (Wildman–Crippen MR) is 110 cm³/mol. The molecule has 0 heterocycles. The third-order valence-corrected chi connectivity index (χ3v) is 3.16. The van der Waals surface area contributed by atoms with Crippen molar-refractivity contribution in [2.45, 2.75) is 26.7 Å². The van der Waals surface area contributed by atoms with Crippen molar-refractivity contribution in [3.8, 4) is 0 Å². The van der Waals surface area contributed by atoms with Crippen molar-refractivity contribution in [1.29, 1.82) is 0 Å². The Morgan fingerprint density at radius 1 is 0.808 bits per heavy atom. The molecule has 0 aliphatic heterocycles. The minimum Gasteiger partial charge on any atom is -0.184 e. The average molecular weight is 374 g/mol. The molecule has 0 fully saturated rings. The first-order valence-electron chi connectivity index (χ1n) is 8.43. The van der Waals surface area contributed by atoms with Gasteiger partial charge >= 0.3 is 24.8 Å². The Balaban J connectivity index is 0.000000312. The van der Waals surface area contributed by atoms with E-state index in [-0.39, 0.29) is 0 Å². The monoisotopic (exact) mass is 374 g/mol. The van der Waals surface area contributed by atoms with Gasteiger partial charge in [-0.25, -0.2) is 23.8 Å². The predicted octanol–water partition coefficient (Wildman–Crippen LogP) is 6.33. The maximum Gasteiger partial charge on any atom is -0.171 e. The zero-order valence-corrected chi connectivity index (χ0v) is 17.3. The van der Waals surface area contributed by atoms with E-state index >= 15 is 0 Å². The van der Waals surface area contributed by atoms with Gasteiger partial charge in [0.25, 0.3) is 0 Å². The molecule has 0 nitrogen and oxygen atoms in total. The quantitative estimate of drug-likeness (QED) is 0.373. The molecule has 1 heteroatoms. The van der Waals surface area contributed by atoms with Crippen LogP contribution in [0, 0.1) is 24.3 Å². The molecule has 2 aromatic rings. The van der Waals surface area contributed by atoms with E-state index in [4.69, 9.17) is 0 Å². The fourth-order valence-electron chi connectivity index (χ4n) is 1.64. The molecular formula is C25H26Ti-4. The number of allylic oxidation sites excluding steroid dienone is 8. The van der Waals surface area contributed by atoms with E-state index in [1.807, 2.05) is 72.8 Å². The standard InChI is InChI=1S/C7H9.2C6H5.C5H5.CH2.Ti/c1-6-4-3-5-7(6)2;2*1-2-4-6-5-3-1;1-2-4-5-3-1;;/h4H,5H2,1-2H3;2*1-5H;1-3H,4H2;1H2;/q4*-1;;.